The van der Waals surface area contributed by atoms with E-state index in [-0.39, 0.29) is 52.8 Å². The summed E-state index contributed by atoms with van der Waals surface area (Å²) in [4.78, 5) is 0. The molecule has 0 aromatic heterocycles. The average Bonchev–Trinajstić information content (AvgIpc) is 1.41. The fourth-order valence-corrected chi connectivity index (χ4v) is 0.354. The van der Waals surface area contributed by atoms with Gasteiger partial charge in [0.2, 0.25) is 0 Å². The monoisotopic (exact) mass is 104 g/mol. The molecular weight excluding hydrogens is 94.1 g/mol. The number of hydrogen-bond donors (Lipinski definition) is 0. The molecule has 0 spiro atoms. The van der Waals surface area contributed by atoms with Crippen LogP contribution in [0.15, 0.2) is 0 Å². The molecule has 0 bridgehead atoms. The Morgan fingerprint density at radius 2 is 2.17 bits per heavy atom. The van der Waals surface area contributed by atoms with Crippen molar-refractivity contribution in [3.63, 3.8) is 0 Å². The van der Waals surface area contributed by atoms with E-state index < -0.39 is 0 Å². The van der Waals surface area contributed by atoms with Crippen molar-refractivity contribution < 1.29 is 52.8 Å². The predicted molar refractivity (Wildman–Crippen MR) is 26.6 cm³/mol. The van der Waals surface area contributed by atoms with E-state index in [0.29, 0.717) is 0 Å². The Morgan fingerprint density at radius 1 is 1.67 bits per heavy atom. The quantitative estimate of drug-likeness (QED) is 0.374. The van der Waals surface area contributed by atoms with Gasteiger partial charge in [-0.1, -0.05) is 0 Å². The minimum atomic E-state index is 0. The van der Waals surface area contributed by atoms with Gasteiger partial charge in [0.05, 0.1) is 0 Å². The average molecular weight is 104 g/mol. The normalized spacial score (nSPS) is 7.17. The fourth-order valence-electron chi connectivity index (χ4n) is 0.354. The zero-order valence-electron chi connectivity index (χ0n) is 6.12. The summed E-state index contributed by atoms with van der Waals surface area (Å²) in [5, 5.41) is 1.34. The number of hydrogen-bond acceptors (Lipinski definition) is 0. The van der Waals surface area contributed by atoms with Gasteiger partial charge in [-0.05, 0) is 0 Å². The second-order valence-electron chi connectivity index (χ2n) is 1.35. The molecule has 0 heterocycles. The molecule has 0 N–H and O–H groups in total. The van der Waals surface area contributed by atoms with Crippen LogP contribution < -0.4 is 51.4 Å². The van der Waals surface area contributed by atoms with Gasteiger partial charge in [-0.3, -0.25) is 0 Å². The van der Waals surface area contributed by atoms with E-state index in [1.165, 1.54) is 17.9 Å². The van der Waals surface area contributed by atoms with Gasteiger partial charge in [0.1, 0.15) is 0 Å². The van der Waals surface area contributed by atoms with Crippen LogP contribution in [0.1, 0.15) is 21.2 Å². The zero-order chi connectivity index (χ0) is 4.12. The summed E-state index contributed by atoms with van der Waals surface area (Å²) < 4.78 is 0. The molecule has 0 unspecified atom stereocenters. The molecule has 0 amide bonds. The molecule has 0 aliphatic heterocycles. The predicted octanol–water partition coefficient (Wildman–Crippen LogP) is -1.51. The topological polar surface area (TPSA) is 0 Å². The van der Waals surface area contributed by atoms with Crippen LogP contribution in [-0.2, 0) is 0 Å². The number of unbranched alkanes of at least 4 members (excludes halogenated alkanes) is 1. The maximum absolute atomic E-state index is 2.21. The third-order valence-electron chi connectivity index (χ3n) is 0.707. The van der Waals surface area contributed by atoms with Crippen LogP contribution in [0.4, 0.5) is 0 Å². The Bertz CT molecular complexity index is 19.2. The van der Waals surface area contributed by atoms with Crippen LogP contribution in [0, 0.1) is 0 Å². The molecule has 0 aromatic carbocycles. The van der Waals surface area contributed by atoms with Crippen molar-refractivity contribution in [2.75, 3.05) is 0 Å². The molecule has 28 valence electrons. The Hall–Kier alpha value is 2.23. The first-order chi connectivity index (χ1) is 2.41. The molecule has 0 fully saturated rings. The van der Waals surface area contributed by atoms with Crippen LogP contribution in [-0.4, -0.2) is 17.7 Å². The molecule has 0 aromatic rings. The molecule has 0 rings (SSSR count). The second-order valence-corrected chi connectivity index (χ2v) is 1.35. The standard InChI is InChI=1S/C4H9.K.Li.H/c1-3-4-2;;;/h1,3-4H2,2H3;;;/q;+1;;-1. The van der Waals surface area contributed by atoms with Gasteiger partial charge in [0, 0.05) is 0 Å². The van der Waals surface area contributed by atoms with Gasteiger partial charge in [-0.25, -0.2) is 0 Å². The Labute approximate surface area is 93.6 Å². The van der Waals surface area contributed by atoms with E-state index >= 15 is 0 Å². The maximum atomic E-state index is 2.21. The third-order valence-corrected chi connectivity index (χ3v) is 0.707. The third kappa shape index (κ3) is 9.53. The van der Waals surface area contributed by atoms with E-state index in [4.69, 9.17) is 0 Å². The van der Waals surface area contributed by atoms with Gasteiger partial charge < -0.3 is 1.43 Å². The van der Waals surface area contributed by atoms with Crippen LogP contribution in [0.25, 0.3) is 0 Å². The van der Waals surface area contributed by atoms with E-state index in [9.17, 15) is 0 Å². The van der Waals surface area contributed by atoms with Crippen LogP contribution in [0.5, 0.6) is 0 Å². The van der Waals surface area contributed by atoms with E-state index in [1.807, 2.05) is 0 Å². The SMILES string of the molecule is [H-].[K+].[Li][CH2]CCC. The van der Waals surface area contributed by atoms with Gasteiger partial charge in [0.25, 0.3) is 0 Å². The molecule has 2 heteroatoms. The molecule has 0 aliphatic rings. The van der Waals surface area contributed by atoms with Crippen molar-refractivity contribution in [1.82, 2.24) is 0 Å². The van der Waals surface area contributed by atoms with Crippen molar-refractivity contribution in [2.45, 2.75) is 24.9 Å². The molecule has 6 heavy (non-hydrogen) atoms. The van der Waals surface area contributed by atoms with Crippen LogP contribution >= 0.6 is 0 Å². The molecule has 0 aliphatic carbocycles. The second kappa shape index (κ2) is 10.3. The molecule has 0 nitrogen and oxygen atoms in total. The first-order valence-corrected chi connectivity index (χ1v) is 2.41. The molecule has 0 radical (unpaired) electrons. The van der Waals surface area contributed by atoms with Gasteiger partial charge in [-0.15, -0.1) is 0 Å². The van der Waals surface area contributed by atoms with Crippen molar-refractivity contribution >= 4 is 17.7 Å². The van der Waals surface area contributed by atoms with Crippen LogP contribution in [0.2, 0.25) is 5.09 Å². The molecule has 0 atom stereocenters. The molecule has 0 saturated carbocycles. The van der Waals surface area contributed by atoms with Crippen molar-refractivity contribution in [2.24, 2.45) is 0 Å². The molecule has 0 saturated heterocycles. The Kier molecular flexibility index (Phi) is 19.0. The van der Waals surface area contributed by atoms with Crippen LogP contribution in [0.3, 0.4) is 0 Å². The first kappa shape index (κ1) is 11.1. The summed E-state index contributed by atoms with van der Waals surface area (Å²) in [6.45, 7) is 2.21. The zero-order valence-corrected chi connectivity index (χ0v) is 8.24. The molecular formula is C4H10KLi. The summed E-state index contributed by atoms with van der Waals surface area (Å²) in [5.41, 5.74) is 0. The fraction of sp³-hybridized carbons (Fsp3) is 1.00. The Balaban J connectivity index is -0.0000000800. The van der Waals surface area contributed by atoms with E-state index in [0.717, 1.165) is 0 Å². The van der Waals surface area contributed by atoms with Gasteiger partial charge in [0.15, 0.2) is 0 Å². The summed E-state index contributed by atoms with van der Waals surface area (Å²) in [6, 6.07) is 0. The van der Waals surface area contributed by atoms with E-state index in [2.05, 4.69) is 24.6 Å². The minimum absolute atomic E-state index is 0. The summed E-state index contributed by atoms with van der Waals surface area (Å²) in [7, 11) is 0. The summed E-state index contributed by atoms with van der Waals surface area (Å²) in [5.74, 6) is 0. The Morgan fingerprint density at radius 3 is 2.17 bits per heavy atom. The summed E-state index contributed by atoms with van der Waals surface area (Å²) in [6.07, 6.45) is 2.73. The van der Waals surface area contributed by atoms with Crippen molar-refractivity contribution in [3.05, 3.63) is 0 Å². The van der Waals surface area contributed by atoms with Gasteiger partial charge in [-0.2, -0.15) is 0 Å². The van der Waals surface area contributed by atoms with Crippen molar-refractivity contribution in [3.8, 4) is 0 Å². The number of rotatable bonds is 2. The summed E-state index contributed by atoms with van der Waals surface area (Å²) >= 11 is 2.21. The van der Waals surface area contributed by atoms with E-state index in [1.54, 1.807) is 0 Å². The first-order valence-electron chi connectivity index (χ1n) is 2.41. The van der Waals surface area contributed by atoms with Gasteiger partial charge >= 0.3 is 94.0 Å². The van der Waals surface area contributed by atoms with Crippen molar-refractivity contribution in [1.29, 1.82) is 0 Å².